The molecule has 152 valence electrons. The minimum absolute atomic E-state index is 0.132. The van der Waals surface area contributed by atoms with Gasteiger partial charge in [0.05, 0.1) is 0 Å². The summed E-state index contributed by atoms with van der Waals surface area (Å²) in [6.07, 6.45) is 15.0. The smallest absolute Gasteiger partial charge is 0.263 e. The van der Waals surface area contributed by atoms with Gasteiger partial charge in [-0.2, -0.15) is 5.26 Å². The number of nitriles is 1. The van der Waals surface area contributed by atoms with E-state index in [4.69, 9.17) is 0 Å². The predicted octanol–water partition coefficient (Wildman–Crippen LogP) is 5.91. The summed E-state index contributed by atoms with van der Waals surface area (Å²) in [7, 11) is 0. The first kappa shape index (κ1) is 22.0. The van der Waals surface area contributed by atoms with Crippen molar-refractivity contribution in [3.8, 4) is 6.07 Å². The molecule has 1 fully saturated rings. The third-order valence-electron chi connectivity index (χ3n) is 5.78. The van der Waals surface area contributed by atoms with Gasteiger partial charge in [-0.3, -0.25) is 4.79 Å². The quantitative estimate of drug-likeness (QED) is 0.503. The van der Waals surface area contributed by atoms with Gasteiger partial charge in [-0.15, -0.1) is 0 Å². The van der Waals surface area contributed by atoms with Gasteiger partial charge >= 0.3 is 0 Å². The summed E-state index contributed by atoms with van der Waals surface area (Å²) in [6, 6.07) is 8.19. The number of carbonyl (C=O) groups is 1. The maximum atomic E-state index is 12.6. The van der Waals surface area contributed by atoms with Crippen molar-refractivity contribution in [2.75, 3.05) is 5.32 Å². The number of anilines is 1. The lowest BCUT2D eigenvalue weighted by Crippen LogP contribution is -2.35. The van der Waals surface area contributed by atoms with Gasteiger partial charge in [-0.1, -0.05) is 69.9 Å². The average Bonchev–Trinajstić information content (AvgIpc) is 2.67. The SMILES string of the molecule is Cc1cccc(N/C=C(/C#N)C(=O)NC2CCCCCCCCCCC2)c1C. The molecule has 0 atom stereocenters. The number of hydrogen-bond donors (Lipinski definition) is 2. The molecular weight excluding hydrogens is 346 g/mol. The summed E-state index contributed by atoms with van der Waals surface area (Å²) in [5, 5.41) is 15.7. The molecule has 1 amide bonds. The van der Waals surface area contributed by atoms with Crippen LogP contribution in [0.25, 0.3) is 0 Å². The molecule has 0 spiro atoms. The van der Waals surface area contributed by atoms with E-state index in [2.05, 4.69) is 16.7 Å². The molecule has 1 aromatic carbocycles. The number of nitrogens with zero attached hydrogens (tertiary/aromatic N) is 1. The molecule has 4 nitrogen and oxygen atoms in total. The summed E-state index contributed by atoms with van der Waals surface area (Å²) >= 11 is 0. The lowest BCUT2D eigenvalue weighted by Gasteiger charge is -2.19. The van der Waals surface area contributed by atoms with Gasteiger partial charge in [-0.05, 0) is 43.9 Å². The van der Waals surface area contributed by atoms with E-state index in [1.807, 2.05) is 32.0 Å². The first-order valence-corrected chi connectivity index (χ1v) is 10.9. The third-order valence-corrected chi connectivity index (χ3v) is 5.78. The minimum Gasteiger partial charge on any atom is -0.360 e. The third kappa shape index (κ3) is 7.38. The van der Waals surface area contributed by atoms with E-state index in [1.165, 1.54) is 56.7 Å². The molecule has 0 saturated heterocycles. The van der Waals surface area contributed by atoms with Crippen molar-refractivity contribution in [1.82, 2.24) is 5.32 Å². The molecule has 1 aliphatic rings. The first-order valence-electron chi connectivity index (χ1n) is 10.9. The Morgan fingerprint density at radius 2 is 1.57 bits per heavy atom. The minimum atomic E-state index is -0.266. The molecule has 1 aromatic rings. The van der Waals surface area contributed by atoms with Gasteiger partial charge in [-0.25, -0.2) is 0 Å². The second-order valence-corrected chi connectivity index (χ2v) is 7.99. The molecule has 0 bridgehead atoms. The van der Waals surface area contributed by atoms with Gasteiger partial charge in [0.25, 0.3) is 5.91 Å². The standard InChI is InChI=1S/C24H35N3O/c1-19-13-12-16-23(20(19)2)26-18-21(17-25)24(28)27-22-14-10-8-6-4-3-5-7-9-11-15-22/h12-13,16,18,22,26H,3-11,14-15H2,1-2H3,(H,27,28)/b21-18-. The number of amides is 1. The van der Waals surface area contributed by atoms with Crippen molar-refractivity contribution in [3.05, 3.63) is 41.1 Å². The lowest BCUT2D eigenvalue weighted by atomic mass is 9.97. The summed E-state index contributed by atoms with van der Waals surface area (Å²) in [4.78, 5) is 12.6. The largest absolute Gasteiger partial charge is 0.360 e. The number of nitrogens with one attached hydrogen (secondary N) is 2. The van der Waals surface area contributed by atoms with E-state index in [0.717, 1.165) is 36.9 Å². The van der Waals surface area contributed by atoms with Crippen LogP contribution < -0.4 is 10.6 Å². The number of hydrogen-bond acceptors (Lipinski definition) is 3. The lowest BCUT2D eigenvalue weighted by molar-refractivity contribution is -0.117. The van der Waals surface area contributed by atoms with Crippen LogP contribution in [0.15, 0.2) is 30.0 Å². The van der Waals surface area contributed by atoms with Crippen molar-refractivity contribution < 1.29 is 4.79 Å². The summed E-state index contributed by atoms with van der Waals surface area (Å²) in [5.74, 6) is -0.266. The maximum Gasteiger partial charge on any atom is 0.263 e. The second-order valence-electron chi connectivity index (χ2n) is 7.99. The van der Waals surface area contributed by atoms with E-state index >= 15 is 0 Å². The Labute approximate surface area is 170 Å². The summed E-state index contributed by atoms with van der Waals surface area (Å²) in [5.41, 5.74) is 3.35. The highest BCUT2D eigenvalue weighted by atomic mass is 16.1. The molecule has 0 unspecified atom stereocenters. The number of carbonyl (C=O) groups excluding carboxylic acids is 1. The van der Waals surface area contributed by atoms with Crippen molar-refractivity contribution in [2.24, 2.45) is 0 Å². The molecule has 0 radical (unpaired) electrons. The Kier molecular flexibility index (Phi) is 9.62. The van der Waals surface area contributed by atoms with E-state index in [1.54, 1.807) is 0 Å². The molecular formula is C24H35N3O. The highest BCUT2D eigenvalue weighted by Gasteiger charge is 2.16. The van der Waals surface area contributed by atoms with Crippen molar-refractivity contribution >= 4 is 11.6 Å². The average molecular weight is 382 g/mol. The molecule has 2 rings (SSSR count). The predicted molar refractivity (Wildman–Crippen MR) is 116 cm³/mol. The number of rotatable bonds is 4. The van der Waals surface area contributed by atoms with Crippen LogP contribution in [0.2, 0.25) is 0 Å². The number of benzene rings is 1. The molecule has 28 heavy (non-hydrogen) atoms. The highest BCUT2D eigenvalue weighted by Crippen LogP contribution is 2.19. The Morgan fingerprint density at radius 1 is 1.00 bits per heavy atom. The van der Waals surface area contributed by atoms with E-state index in [0.29, 0.717) is 0 Å². The molecule has 1 aliphatic carbocycles. The van der Waals surface area contributed by atoms with Crippen LogP contribution in [0.1, 0.15) is 81.8 Å². The van der Waals surface area contributed by atoms with Gasteiger partial charge in [0.15, 0.2) is 0 Å². The monoisotopic (exact) mass is 381 g/mol. The Bertz CT molecular complexity index is 690. The summed E-state index contributed by atoms with van der Waals surface area (Å²) in [6.45, 7) is 4.08. The van der Waals surface area contributed by atoms with Gasteiger partial charge in [0.1, 0.15) is 11.6 Å². The Hall–Kier alpha value is -2.28. The van der Waals surface area contributed by atoms with Gasteiger partial charge in [0, 0.05) is 17.9 Å². The van der Waals surface area contributed by atoms with Crippen LogP contribution in [0.3, 0.4) is 0 Å². The second kappa shape index (κ2) is 12.2. The van der Waals surface area contributed by atoms with Gasteiger partial charge in [0.2, 0.25) is 0 Å². The fourth-order valence-corrected chi connectivity index (χ4v) is 3.78. The van der Waals surface area contributed by atoms with Crippen LogP contribution in [0, 0.1) is 25.2 Å². The first-order chi connectivity index (χ1) is 13.6. The zero-order valence-electron chi connectivity index (χ0n) is 17.5. The highest BCUT2D eigenvalue weighted by molar-refractivity contribution is 5.97. The van der Waals surface area contributed by atoms with Crippen molar-refractivity contribution in [1.29, 1.82) is 5.26 Å². The fraction of sp³-hybridized carbons (Fsp3) is 0.583. The molecule has 0 aliphatic heterocycles. The van der Waals surface area contributed by atoms with Crippen molar-refractivity contribution in [2.45, 2.75) is 90.5 Å². The van der Waals surface area contributed by atoms with E-state index in [9.17, 15) is 10.1 Å². The maximum absolute atomic E-state index is 12.6. The molecule has 4 heteroatoms. The van der Waals surface area contributed by atoms with Crippen LogP contribution in [0.4, 0.5) is 5.69 Å². The Balaban J connectivity index is 1.96. The van der Waals surface area contributed by atoms with E-state index < -0.39 is 0 Å². The normalized spacial score (nSPS) is 17.7. The van der Waals surface area contributed by atoms with Gasteiger partial charge < -0.3 is 10.6 Å². The van der Waals surface area contributed by atoms with E-state index in [-0.39, 0.29) is 17.5 Å². The topological polar surface area (TPSA) is 64.9 Å². The van der Waals surface area contributed by atoms with Crippen LogP contribution in [-0.4, -0.2) is 11.9 Å². The van der Waals surface area contributed by atoms with Crippen LogP contribution >= 0.6 is 0 Å². The summed E-state index contributed by atoms with van der Waals surface area (Å²) < 4.78 is 0. The zero-order chi connectivity index (χ0) is 20.2. The molecule has 2 N–H and O–H groups in total. The number of aryl methyl sites for hydroxylation is 1. The fourth-order valence-electron chi connectivity index (χ4n) is 3.78. The molecule has 1 saturated carbocycles. The van der Waals surface area contributed by atoms with Crippen LogP contribution in [0.5, 0.6) is 0 Å². The zero-order valence-corrected chi connectivity index (χ0v) is 17.5. The molecule has 0 heterocycles. The van der Waals surface area contributed by atoms with Crippen molar-refractivity contribution in [3.63, 3.8) is 0 Å². The Morgan fingerprint density at radius 3 is 2.14 bits per heavy atom. The molecule has 0 aromatic heterocycles. The van der Waals surface area contributed by atoms with Crippen LogP contribution in [-0.2, 0) is 4.79 Å².